The fourth-order valence-corrected chi connectivity index (χ4v) is 2.89. The molecule has 0 saturated carbocycles. The van der Waals surface area contributed by atoms with E-state index in [1.165, 1.54) is 29.5 Å². The third-order valence-electron chi connectivity index (χ3n) is 3.25. The number of hydrogen-bond acceptors (Lipinski definition) is 2. The first-order valence-electron chi connectivity index (χ1n) is 5.93. The molecule has 0 aliphatic carbocycles. The van der Waals surface area contributed by atoms with Crippen molar-refractivity contribution in [2.24, 2.45) is 0 Å². The van der Waals surface area contributed by atoms with Gasteiger partial charge in [-0.15, -0.1) is 0 Å². The van der Waals surface area contributed by atoms with Gasteiger partial charge in [-0.2, -0.15) is 17.7 Å². The molecule has 1 unspecified atom stereocenters. The largest absolute Gasteiger partial charge is 1.00 e. The molecular weight excluding hydrogens is 367 g/mol. The van der Waals surface area contributed by atoms with Crippen molar-refractivity contribution in [2.45, 2.75) is 26.1 Å². The van der Waals surface area contributed by atoms with Gasteiger partial charge in [-0.05, 0) is 13.0 Å². The zero-order chi connectivity index (χ0) is 14.9. The molecule has 2 nitrogen and oxygen atoms in total. The molecule has 0 N–H and O–H groups in total. The van der Waals surface area contributed by atoms with E-state index in [9.17, 15) is 18.0 Å². The lowest BCUT2D eigenvalue weighted by Gasteiger charge is -2.14. The smallest absolute Gasteiger partial charge is 0.416 e. The minimum Gasteiger partial charge on any atom is -1.00 e. The van der Waals surface area contributed by atoms with Crippen LogP contribution in [0.15, 0.2) is 29.8 Å². The Morgan fingerprint density at radius 3 is 2.33 bits per heavy atom. The number of benzene rings is 1. The maximum absolute atomic E-state index is 13.0. The van der Waals surface area contributed by atoms with Crippen LogP contribution in [0, 0.1) is 13.8 Å². The van der Waals surface area contributed by atoms with E-state index in [-0.39, 0.29) is 22.5 Å². The Morgan fingerprint density at radius 2 is 1.86 bits per heavy atom. The molecule has 0 aliphatic heterocycles. The van der Waals surface area contributed by atoms with E-state index in [0.29, 0.717) is 6.29 Å². The van der Waals surface area contributed by atoms with E-state index in [0.717, 1.165) is 16.6 Å². The lowest BCUT2D eigenvalue weighted by Crippen LogP contribution is -3.00. The van der Waals surface area contributed by atoms with Crippen molar-refractivity contribution >= 4 is 17.6 Å². The zero-order valence-corrected chi connectivity index (χ0v) is 13.7. The van der Waals surface area contributed by atoms with E-state index >= 15 is 0 Å². The van der Waals surface area contributed by atoms with E-state index in [4.69, 9.17) is 0 Å². The maximum Gasteiger partial charge on any atom is 0.416 e. The summed E-state index contributed by atoms with van der Waals surface area (Å²) in [6.07, 6.45) is -3.93. The molecule has 0 spiro atoms. The van der Waals surface area contributed by atoms with E-state index in [1.807, 2.05) is 6.92 Å². The van der Waals surface area contributed by atoms with Crippen LogP contribution in [0.4, 0.5) is 13.2 Å². The van der Waals surface area contributed by atoms with Gasteiger partial charge >= 0.3 is 6.18 Å². The Kier molecular flexibility index (Phi) is 5.69. The van der Waals surface area contributed by atoms with Crippen LogP contribution in [0.25, 0.3) is 0 Å². The summed E-state index contributed by atoms with van der Waals surface area (Å²) in [4.78, 5) is 12.3. The number of carbonyl (C=O) groups excluding carboxylic acids is 1. The fourth-order valence-electron chi connectivity index (χ4n) is 2.06. The summed E-state index contributed by atoms with van der Waals surface area (Å²) in [5, 5.41) is 0. The monoisotopic (exact) mass is 379 g/mol. The number of aryl methyl sites for hydroxylation is 1. The molecule has 0 bridgehead atoms. The molecule has 0 radical (unpaired) electrons. The normalized spacial score (nSPS) is 12.6. The van der Waals surface area contributed by atoms with Crippen LogP contribution in [0.5, 0.6) is 0 Å². The first kappa shape index (κ1) is 17.8. The second-order valence-corrected chi connectivity index (χ2v) is 5.50. The Morgan fingerprint density at radius 1 is 1.24 bits per heavy atom. The Labute approximate surface area is 135 Å². The number of rotatable bonds is 3. The zero-order valence-electron chi connectivity index (χ0n) is 11.3. The number of alkyl halides is 3. The topological polar surface area (TPSA) is 20.9 Å². The fraction of sp³-hybridized carbons (Fsp3) is 0.286. The van der Waals surface area contributed by atoms with Crippen molar-refractivity contribution in [1.82, 2.24) is 0 Å². The average molecular weight is 380 g/mol. The highest BCUT2D eigenvalue weighted by molar-refractivity contribution is 7.09. The highest BCUT2D eigenvalue weighted by Crippen LogP contribution is 2.34. The first-order chi connectivity index (χ1) is 9.36. The van der Waals surface area contributed by atoms with Crippen LogP contribution in [0.1, 0.15) is 27.7 Å². The quantitative estimate of drug-likeness (QED) is 0.560. The van der Waals surface area contributed by atoms with Gasteiger partial charge in [-0.3, -0.25) is 4.79 Å². The van der Waals surface area contributed by atoms with Gasteiger partial charge in [-0.1, -0.05) is 29.5 Å². The molecule has 0 aliphatic rings. The third-order valence-corrected chi connectivity index (χ3v) is 4.23. The van der Waals surface area contributed by atoms with Crippen LogP contribution in [0.2, 0.25) is 0 Å². The molecule has 1 atom stereocenters. The predicted molar refractivity (Wildman–Crippen MR) is 69.6 cm³/mol. The molecule has 21 heavy (non-hydrogen) atoms. The Balaban J connectivity index is 0.00000220. The standard InChI is InChI=1S/C14H13F3NOS.BrH/c1-9-10(2)20-8-18(9)13(7-19)11-5-3-4-6-12(11)14(15,16)17;/h3-8,13H,1-2H3;1H/q+1;/p-1. The molecule has 2 rings (SSSR count). The van der Waals surface area contributed by atoms with Gasteiger partial charge in [0.05, 0.1) is 10.4 Å². The number of halogens is 4. The third kappa shape index (κ3) is 3.52. The number of nitrogens with zero attached hydrogens (tertiary/aromatic N) is 1. The van der Waals surface area contributed by atoms with Gasteiger partial charge in [0.1, 0.15) is 0 Å². The van der Waals surface area contributed by atoms with Gasteiger partial charge in [0, 0.05) is 12.5 Å². The number of aromatic nitrogens is 1. The molecular formula is C14H13BrF3NOS. The molecule has 0 fully saturated rings. The number of thiazole rings is 1. The summed E-state index contributed by atoms with van der Waals surface area (Å²) in [7, 11) is 0. The van der Waals surface area contributed by atoms with Gasteiger partial charge in [0.15, 0.2) is 12.0 Å². The lowest BCUT2D eigenvalue weighted by molar-refractivity contribution is -0.700. The van der Waals surface area contributed by atoms with Crippen LogP contribution in [-0.2, 0) is 11.0 Å². The Hall–Kier alpha value is -1.21. The minimum atomic E-state index is -4.47. The van der Waals surface area contributed by atoms with Crippen molar-refractivity contribution in [3.63, 3.8) is 0 Å². The summed E-state index contributed by atoms with van der Waals surface area (Å²) in [5.41, 5.74) is 1.68. The number of carbonyl (C=O) groups is 1. The summed E-state index contributed by atoms with van der Waals surface area (Å²) < 4.78 is 40.7. The molecule has 1 heterocycles. The molecule has 114 valence electrons. The van der Waals surface area contributed by atoms with Gasteiger partial charge in [0.2, 0.25) is 11.6 Å². The van der Waals surface area contributed by atoms with Crippen molar-refractivity contribution in [3.8, 4) is 0 Å². The van der Waals surface area contributed by atoms with Gasteiger partial charge in [-0.25, -0.2) is 0 Å². The van der Waals surface area contributed by atoms with Crippen molar-refractivity contribution in [3.05, 3.63) is 51.5 Å². The molecule has 0 amide bonds. The summed E-state index contributed by atoms with van der Waals surface area (Å²) in [6.45, 7) is 3.66. The van der Waals surface area contributed by atoms with Crippen molar-refractivity contribution < 1.29 is 39.5 Å². The van der Waals surface area contributed by atoms with Gasteiger partial charge in [0.25, 0.3) is 0 Å². The predicted octanol–water partition coefficient (Wildman–Crippen LogP) is 0.464. The number of aldehydes is 1. The Bertz CT molecular complexity index is 639. The molecule has 2 aromatic rings. The van der Waals surface area contributed by atoms with E-state index in [1.54, 1.807) is 17.0 Å². The van der Waals surface area contributed by atoms with Crippen LogP contribution in [-0.4, -0.2) is 6.29 Å². The second kappa shape index (κ2) is 6.70. The summed E-state index contributed by atoms with van der Waals surface area (Å²) in [5.74, 6) is 0. The van der Waals surface area contributed by atoms with E-state index < -0.39 is 17.8 Å². The highest BCUT2D eigenvalue weighted by atomic mass is 79.9. The van der Waals surface area contributed by atoms with Crippen LogP contribution in [0.3, 0.4) is 0 Å². The van der Waals surface area contributed by atoms with Crippen molar-refractivity contribution in [1.29, 1.82) is 0 Å². The van der Waals surface area contributed by atoms with E-state index in [2.05, 4.69) is 0 Å². The molecule has 1 aromatic heterocycles. The molecule has 1 aromatic carbocycles. The highest BCUT2D eigenvalue weighted by Gasteiger charge is 2.38. The lowest BCUT2D eigenvalue weighted by atomic mass is 10.0. The SMILES string of the molecule is Cc1sc[n+](C(C=O)c2ccccc2C(F)(F)F)c1C.[Br-]. The van der Waals surface area contributed by atoms with Crippen LogP contribution >= 0.6 is 11.3 Å². The summed E-state index contributed by atoms with van der Waals surface area (Å²) >= 11 is 1.41. The van der Waals surface area contributed by atoms with Crippen molar-refractivity contribution in [2.75, 3.05) is 0 Å². The maximum atomic E-state index is 13.0. The minimum absolute atomic E-state index is 0. The number of hydrogen-bond donors (Lipinski definition) is 0. The van der Waals surface area contributed by atoms with Gasteiger partial charge < -0.3 is 17.0 Å². The van der Waals surface area contributed by atoms with Crippen LogP contribution < -0.4 is 21.5 Å². The first-order valence-corrected chi connectivity index (χ1v) is 6.81. The molecule has 0 saturated heterocycles. The molecule has 7 heteroatoms. The second-order valence-electron chi connectivity index (χ2n) is 4.44. The summed E-state index contributed by atoms with van der Waals surface area (Å²) in [6, 6.07) is 4.22. The average Bonchev–Trinajstić information content (AvgIpc) is 2.72.